The number of aryl methyl sites for hydroxylation is 1. The van der Waals surface area contributed by atoms with Crippen LogP contribution in [0.3, 0.4) is 0 Å². The minimum Gasteiger partial charge on any atom is -0.399 e. The van der Waals surface area contributed by atoms with Gasteiger partial charge in [-0.3, -0.25) is 0 Å². The third-order valence-electron chi connectivity index (χ3n) is 1.75. The number of benzene rings is 1. The van der Waals surface area contributed by atoms with Gasteiger partial charge in [0.2, 0.25) is 0 Å². The summed E-state index contributed by atoms with van der Waals surface area (Å²) in [5.41, 5.74) is 7.13. The van der Waals surface area contributed by atoms with Crippen molar-refractivity contribution in [3.63, 3.8) is 0 Å². The fourth-order valence-corrected chi connectivity index (χ4v) is 2.18. The van der Waals surface area contributed by atoms with Crippen LogP contribution in [0.1, 0.15) is 5.01 Å². The van der Waals surface area contributed by atoms with Gasteiger partial charge < -0.3 is 5.73 Å². The normalized spacial score (nSPS) is 10.4. The third-order valence-corrected chi connectivity index (χ3v) is 2.93. The molecule has 3 nitrogen and oxygen atoms in total. The molecule has 5 heteroatoms. The molecule has 0 spiro atoms. The number of aromatic nitrogens is 2. The van der Waals surface area contributed by atoms with Crippen molar-refractivity contribution in [1.29, 1.82) is 0 Å². The van der Waals surface area contributed by atoms with Crippen molar-refractivity contribution in [3.05, 3.63) is 28.2 Å². The van der Waals surface area contributed by atoms with Crippen molar-refractivity contribution >= 4 is 28.6 Å². The predicted molar refractivity (Wildman–Crippen MR) is 59.5 cm³/mol. The fraction of sp³-hybridized carbons (Fsp3) is 0.111. The van der Waals surface area contributed by atoms with Crippen LogP contribution in [0.25, 0.3) is 10.6 Å². The molecule has 0 saturated heterocycles. The predicted octanol–water partition coefficient (Wildman–Crippen LogP) is 2.75. The van der Waals surface area contributed by atoms with Gasteiger partial charge in [-0.25, -0.2) is 0 Å². The Morgan fingerprint density at radius 3 is 2.71 bits per heavy atom. The second kappa shape index (κ2) is 3.55. The Hall–Kier alpha value is -1.13. The number of anilines is 1. The van der Waals surface area contributed by atoms with E-state index in [2.05, 4.69) is 10.2 Å². The number of rotatable bonds is 1. The molecule has 0 saturated carbocycles. The van der Waals surface area contributed by atoms with E-state index in [1.807, 2.05) is 13.0 Å². The average molecular weight is 226 g/mol. The molecule has 0 bridgehead atoms. The lowest BCUT2D eigenvalue weighted by molar-refractivity contribution is 1.05. The Kier molecular flexibility index (Phi) is 2.39. The zero-order valence-corrected chi connectivity index (χ0v) is 9.06. The van der Waals surface area contributed by atoms with E-state index >= 15 is 0 Å². The number of nitrogen functional groups attached to an aromatic ring is 1. The topological polar surface area (TPSA) is 51.8 Å². The maximum Gasteiger partial charge on any atom is 0.149 e. The first-order chi connectivity index (χ1) is 6.66. The Morgan fingerprint density at radius 2 is 2.14 bits per heavy atom. The highest BCUT2D eigenvalue weighted by atomic mass is 35.5. The molecule has 0 aliphatic heterocycles. The van der Waals surface area contributed by atoms with E-state index < -0.39 is 0 Å². The summed E-state index contributed by atoms with van der Waals surface area (Å²) in [4.78, 5) is 0. The van der Waals surface area contributed by atoms with Crippen LogP contribution in [0.2, 0.25) is 5.02 Å². The van der Waals surface area contributed by atoms with Crippen LogP contribution < -0.4 is 5.73 Å². The number of halogens is 1. The van der Waals surface area contributed by atoms with Gasteiger partial charge in [-0.05, 0) is 25.1 Å². The molecule has 2 aromatic rings. The standard InChI is InChI=1S/C9H8ClN3S/c1-5-12-13-9(14-5)7-3-2-6(11)4-8(7)10/h2-4H,11H2,1H3. The number of hydrogen-bond donors (Lipinski definition) is 1. The summed E-state index contributed by atoms with van der Waals surface area (Å²) < 4.78 is 0. The van der Waals surface area contributed by atoms with E-state index in [0.717, 1.165) is 15.6 Å². The van der Waals surface area contributed by atoms with Gasteiger partial charge in [-0.1, -0.05) is 22.9 Å². The van der Waals surface area contributed by atoms with Crippen LogP contribution in [-0.2, 0) is 0 Å². The van der Waals surface area contributed by atoms with Crippen LogP contribution in [-0.4, -0.2) is 10.2 Å². The van der Waals surface area contributed by atoms with Crippen molar-refractivity contribution in [2.75, 3.05) is 5.73 Å². The van der Waals surface area contributed by atoms with Gasteiger partial charge in [-0.15, -0.1) is 10.2 Å². The number of nitrogens with two attached hydrogens (primary N) is 1. The first-order valence-electron chi connectivity index (χ1n) is 4.02. The van der Waals surface area contributed by atoms with E-state index in [1.165, 1.54) is 11.3 Å². The summed E-state index contributed by atoms with van der Waals surface area (Å²) in [6.45, 7) is 1.91. The molecular formula is C9H8ClN3S. The first kappa shape index (κ1) is 9.43. The van der Waals surface area contributed by atoms with E-state index in [1.54, 1.807) is 12.1 Å². The maximum atomic E-state index is 6.03. The molecule has 1 heterocycles. The fourth-order valence-electron chi connectivity index (χ4n) is 1.11. The molecule has 0 fully saturated rings. The van der Waals surface area contributed by atoms with Crippen LogP contribution in [0, 0.1) is 6.92 Å². The molecule has 1 aromatic carbocycles. The van der Waals surface area contributed by atoms with Gasteiger partial charge in [0.25, 0.3) is 0 Å². The largest absolute Gasteiger partial charge is 0.399 e. The Bertz CT molecular complexity index is 467. The maximum absolute atomic E-state index is 6.03. The molecule has 2 N–H and O–H groups in total. The smallest absolute Gasteiger partial charge is 0.149 e. The van der Waals surface area contributed by atoms with Crippen molar-refractivity contribution in [3.8, 4) is 10.6 Å². The highest BCUT2D eigenvalue weighted by Gasteiger charge is 2.08. The number of nitrogens with zero attached hydrogens (tertiary/aromatic N) is 2. The van der Waals surface area contributed by atoms with Crippen LogP contribution in [0.5, 0.6) is 0 Å². The van der Waals surface area contributed by atoms with Gasteiger partial charge >= 0.3 is 0 Å². The van der Waals surface area contributed by atoms with Crippen molar-refractivity contribution in [2.45, 2.75) is 6.92 Å². The molecule has 0 aliphatic rings. The SMILES string of the molecule is Cc1nnc(-c2ccc(N)cc2Cl)s1. The van der Waals surface area contributed by atoms with Crippen molar-refractivity contribution < 1.29 is 0 Å². The Morgan fingerprint density at radius 1 is 1.36 bits per heavy atom. The first-order valence-corrected chi connectivity index (χ1v) is 5.22. The molecule has 0 unspecified atom stereocenters. The summed E-state index contributed by atoms with van der Waals surface area (Å²) in [6.07, 6.45) is 0. The quantitative estimate of drug-likeness (QED) is 0.760. The molecule has 14 heavy (non-hydrogen) atoms. The van der Waals surface area contributed by atoms with E-state index in [0.29, 0.717) is 10.7 Å². The summed E-state index contributed by atoms with van der Waals surface area (Å²) in [5.74, 6) is 0. The van der Waals surface area contributed by atoms with Crippen molar-refractivity contribution in [1.82, 2.24) is 10.2 Å². The molecule has 0 radical (unpaired) electrons. The van der Waals surface area contributed by atoms with E-state index in [4.69, 9.17) is 17.3 Å². The third kappa shape index (κ3) is 1.71. The molecule has 72 valence electrons. The van der Waals surface area contributed by atoms with E-state index in [9.17, 15) is 0 Å². The zero-order valence-electron chi connectivity index (χ0n) is 7.49. The molecule has 0 atom stereocenters. The van der Waals surface area contributed by atoms with Crippen LogP contribution in [0.15, 0.2) is 18.2 Å². The van der Waals surface area contributed by atoms with Gasteiger partial charge in [0.1, 0.15) is 10.0 Å². The van der Waals surface area contributed by atoms with Crippen LogP contribution in [0.4, 0.5) is 5.69 Å². The Labute approximate surface area is 90.5 Å². The number of hydrogen-bond acceptors (Lipinski definition) is 4. The minimum absolute atomic E-state index is 0.612. The highest BCUT2D eigenvalue weighted by molar-refractivity contribution is 7.14. The highest BCUT2D eigenvalue weighted by Crippen LogP contribution is 2.31. The molecule has 0 amide bonds. The van der Waals surface area contributed by atoms with E-state index in [-0.39, 0.29) is 0 Å². The Balaban J connectivity index is 2.52. The molecule has 0 aliphatic carbocycles. The van der Waals surface area contributed by atoms with Gasteiger partial charge in [0, 0.05) is 11.3 Å². The summed E-state index contributed by atoms with van der Waals surface area (Å²) in [7, 11) is 0. The van der Waals surface area contributed by atoms with Crippen molar-refractivity contribution in [2.24, 2.45) is 0 Å². The molecule has 1 aromatic heterocycles. The molecule has 2 rings (SSSR count). The van der Waals surface area contributed by atoms with Gasteiger partial charge in [0.05, 0.1) is 5.02 Å². The summed E-state index contributed by atoms with van der Waals surface area (Å²) >= 11 is 7.55. The van der Waals surface area contributed by atoms with Gasteiger partial charge in [-0.2, -0.15) is 0 Å². The minimum atomic E-state index is 0.612. The lowest BCUT2D eigenvalue weighted by Gasteiger charge is -1.99. The van der Waals surface area contributed by atoms with Gasteiger partial charge in [0.15, 0.2) is 0 Å². The van der Waals surface area contributed by atoms with Crippen LogP contribution >= 0.6 is 22.9 Å². The molecular weight excluding hydrogens is 218 g/mol. The summed E-state index contributed by atoms with van der Waals surface area (Å²) in [6, 6.07) is 5.38. The summed E-state index contributed by atoms with van der Waals surface area (Å²) in [5, 5.41) is 10.3. The lowest BCUT2D eigenvalue weighted by atomic mass is 10.2. The monoisotopic (exact) mass is 225 g/mol. The average Bonchev–Trinajstić information content (AvgIpc) is 2.51. The zero-order chi connectivity index (χ0) is 10.1. The second-order valence-corrected chi connectivity index (χ2v) is 4.45. The second-order valence-electron chi connectivity index (χ2n) is 2.87. The lowest BCUT2D eigenvalue weighted by Crippen LogP contribution is -1.85.